The van der Waals surface area contributed by atoms with Crippen molar-refractivity contribution in [3.05, 3.63) is 101 Å². The standard InChI is InChI=1S/C22H17ClN4O/c23-19-13-11-16(12-14-19)15-24-22-25-20(17-7-3-1-4-8-17)26-27(22)21(28)18-9-5-2-6-10-18/h1-14H,15H2,(H,24,25,26). The lowest BCUT2D eigenvalue weighted by atomic mass is 10.2. The maximum atomic E-state index is 13.0. The Balaban J connectivity index is 1.67. The Morgan fingerprint density at radius 1 is 0.893 bits per heavy atom. The summed E-state index contributed by atoms with van der Waals surface area (Å²) < 4.78 is 1.31. The number of benzene rings is 3. The zero-order chi connectivity index (χ0) is 19.3. The van der Waals surface area contributed by atoms with Crippen molar-refractivity contribution in [1.29, 1.82) is 0 Å². The maximum Gasteiger partial charge on any atom is 0.281 e. The molecule has 1 heterocycles. The van der Waals surface area contributed by atoms with Crippen molar-refractivity contribution in [2.45, 2.75) is 6.54 Å². The first-order valence-electron chi connectivity index (χ1n) is 8.81. The molecule has 0 bridgehead atoms. The van der Waals surface area contributed by atoms with Gasteiger partial charge in [0, 0.05) is 22.7 Å². The fourth-order valence-electron chi connectivity index (χ4n) is 2.76. The van der Waals surface area contributed by atoms with Crippen LogP contribution in [0.5, 0.6) is 0 Å². The first-order chi connectivity index (χ1) is 13.7. The summed E-state index contributed by atoms with van der Waals surface area (Å²) in [4.78, 5) is 17.5. The molecule has 1 aromatic heterocycles. The summed E-state index contributed by atoms with van der Waals surface area (Å²) in [5, 5.41) is 8.35. The van der Waals surface area contributed by atoms with Crippen molar-refractivity contribution in [3.63, 3.8) is 0 Å². The normalized spacial score (nSPS) is 10.6. The van der Waals surface area contributed by atoms with Gasteiger partial charge in [-0.1, -0.05) is 72.3 Å². The Morgan fingerprint density at radius 3 is 2.21 bits per heavy atom. The van der Waals surface area contributed by atoms with E-state index in [2.05, 4.69) is 15.4 Å². The molecule has 3 aromatic carbocycles. The van der Waals surface area contributed by atoms with E-state index in [4.69, 9.17) is 11.6 Å². The summed E-state index contributed by atoms with van der Waals surface area (Å²) in [6, 6.07) is 26.1. The molecule has 0 saturated heterocycles. The van der Waals surface area contributed by atoms with Crippen LogP contribution in [0, 0.1) is 0 Å². The molecule has 0 aliphatic rings. The minimum absolute atomic E-state index is 0.242. The number of hydrogen-bond donors (Lipinski definition) is 1. The van der Waals surface area contributed by atoms with Crippen LogP contribution in [0.1, 0.15) is 15.9 Å². The van der Waals surface area contributed by atoms with Gasteiger partial charge in [-0.2, -0.15) is 9.67 Å². The van der Waals surface area contributed by atoms with Gasteiger partial charge in [-0.05, 0) is 29.8 Å². The lowest BCUT2D eigenvalue weighted by Crippen LogP contribution is -2.17. The minimum atomic E-state index is -0.242. The summed E-state index contributed by atoms with van der Waals surface area (Å²) in [5.74, 6) is 0.639. The van der Waals surface area contributed by atoms with Gasteiger partial charge >= 0.3 is 0 Å². The van der Waals surface area contributed by atoms with Crippen LogP contribution in [0.4, 0.5) is 5.95 Å². The van der Waals surface area contributed by atoms with Crippen molar-refractivity contribution >= 4 is 23.5 Å². The second-order valence-electron chi connectivity index (χ2n) is 6.19. The van der Waals surface area contributed by atoms with E-state index in [1.165, 1.54) is 4.68 Å². The molecule has 0 saturated carbocycles. The van der Waals surface area contributed by atoms with E-state index in [0.29, 0.717) is 28.9 Å². The van der Waals surface area contributed by atoms with Crippen LogP contribution in [0.2, 0.25) is 5.02 Å². The molecular formula is C22H17ClN4O. The van der Waals surface area contributed by atoms with Crippen LogP contribution in [0.3, 0.4) is 0 Å². The molecule has 0 spiro atoms. The Labute approximate surface area is 167 Å². The molecule has 4 rings (SSSR count). The largest absolute Gasteiger partial charge is 0.350 e. The lowest BCUT2D eigenvalue weighted by Gasteiger charge is -2.07. The number of nitrogens with zero attached hydrogens (tertiary/aromatic N) is 3. The second kappa shape index (κ2) is 8.06. The van der Waals surface area contributed by atoms with Crippen molar-refractivity contribution in [1.82, 2.24) is 14.8 Å². The van der Waals surface area contributed by atoms with E-state index in [9.17, 15) is 4.79 Å². The zero-order valence-electron chi connectivity index (χ0n) is 14.9. The molecule has 0 aliphatic carbocycles. The third-order valence-corrected chi connectivity index (χ3v) is 4.47. The Bertz CT molecular complexity index is 1080. The molecular weight excluding hydrogens is 372 g/mol. The number of hydrogen-bond acceptors (Lipinski definition) is 4. The summed E-state index contributed by atoms with van der Waals surface area (Å²) >= 11 is 5.94. The SMILES string of the molecule is O=C(c1ccccc1)n1nc(-c2ccccc2)nc1NCc1ccc(Cl)cc1. The second-order valence-corrected chi connectivity index (χ2v) is 6.62. The van der Waals surface area contributed by atoms with Crippen LogP contribution < -0.4 is 5.32 Å². The highest BCUT2D eigenvalue weighted by Gasteiger charge is 2.18. The van der Waals surface area contributed by atoms with Crippen LogP contribution in [-0.2, 0) is 6.54 Å². The van der Waals surface area contributed by atoms with Crippen LogP contribution >= 0.6 is 11.6 Å². The van der Waals surface area contributed by atoms with Gasteiger partial charge in [0.1, 0.15) is 0 Å². The van der Waals surface area contributed by atoms with E-state index in [0.717, 1.165) is 11.1 Å². The molecule has 0 unspecified atom stereocenters. The van der Waals surface area contributed by atoms with Crippen molar-refractivity contribution in [2.24, 2.45) is 0 Å². The lowest BCUT2D eigenvalue weighted by molar-refractivity contribution is 0.0947. The average Bonchev–Trinajstić information content (AvgIpc) is 3.18. The number of anilines is 1. The Kier molecular flexibility index (Phi) is 5.17. The van der Waals surface area contributed by atoms with Gasteiger partial charge in [0.2, 0.25) is 5.95 Å². The van der Waals surface area contributed by atoms with E-state index in [1.54, 1.807) is 12.1 Å². The van der Waals surface area contributed by atoms with Gasteiger partial charge in [-0.25, -0.2) is 0 Å². The zero-order valence-corrected chi connectivity index (χ0v) is 15.7. The molecule has 28 heavy (non-hydrogen) atoms. The number of aromatic nitrogens is 3. The molecule has 5 nitrogen and oxygen atoms in total. The molecule has 4 aromatic rings. The first-order valence-corrected chi connectivity index (χ1v) is 9.19. The Hall–Kier alpha value is -3.44. The van der Waals surface area contributed by atoms with Gasteiger partial charge in [-0.15, -0.1) is 5.10 Å². The van der Waals surface area contributed by atoms with E-state index in [1.807, 2.05) is 72.8 Å². The van der Waals surface area contributed by atoms with Crippen LogP contribution in [0.15, 0.2) is 84.9 Å². The first kappa shape index (κ1) is 17.9. The molecule has 0 aliphatic heterocycles. The van der Waals surface area contributed by atoms with E-state index < -0.39 is 0 Å². The quantitative estimate of drug-likeness (QED) is 0.528. The summed E-state index contributed by atoms with van der Waals surface area (Å²) in [6.07, 6.45) is 0. The third-order valence-electron chi connectivity index (χ3n) is 4.22. The number of rotatable bonds is 5. The third kappa shape index (κ3) is 3.94. The molecule has 0 fully saturated rings. The smallest absolute Gasteiger partial charge is 0.281 e. The topological polar surface area (TPSA) is 59.8 Å². The number of carbonyl (C=O) groups is 1. The highest BCUT2D eigenvalue weighted by molar-refractivity contribution is 6.30. The highest BCUT2D eigenvalue weighted by atomic mass is 35.5. The van der Waals surface area contributed by atoms with Gasteiger partial charge in [0.05, 0.1) is 0 Å². The van der Waals surface area contributed by atoms with Gasteiger partial charge < -0.3 is 5.32 Å². The van der Waals surface area contributed by atoms with Crippen molar-refractivity contribution in [2.75, 3.05) is 5.32 Å². The highest BCUT2D eigenvalue weighted by Crippen LogP contribution is 2.19. The monoisotopic (exact) mass is 388 g/mol. The number of carbonyl (C=O) groups excluding carboxylic acids is 1. The van der Waals surface area contributed by atoms with Crippen molar-refractivity contribution < 1.29 is 4.79 Å². The maximum absolute atomic E-state index is 13.0. The fraction of sp³-hybridized carbons (Fsp3) is 0.0455. The number of nitrogens with one attached hydrogen (secondary N) is 1. The molecule has 6 heteroatoms. The molecule has 138 valence electrons. The predicted molar refractivity (Wildman–Crippen MR) is 110 cm³/mol. The number of halogens is 1. The molecule has 0 radical (unpaired) electrons. The van der Waals surface area contributed by atoms with Crippen LogP contribution in [0.25, 0.3) is 11.4 Å². The van der Waals surface area contributed by atoms with Gasteiger partial charge in [0.15, 0.2) is 5.82 Å². The van der Waals surface area contributed by atoms with E-state index in [-0.39, 0.29) is 5.91 Å². The molecule has 1 N–H and O–H groups in total. The van der Waals surface area contributed by atoms with E-state index >= 15 is 0 Å². The summed E-state index contributed by atoms with van der Waals surface area (Å²) in [7, 11) is 0. The van der Waals surface area contributed by atoms with Crippen LogP contribution in [-0.4, -0.2) is 20.7 Å². The minimum Gasteiger partial charge on any atom is -0.350 e. The van der Waals surface area contributed by atoms with Crippen molar-refractivity contribution in [3.8, 4) is 11.4 Å². The average molecular weight is 389 g/mol. The molecule has 0 atom stereocenters. The van der Waals surface area contributed by atoms with Gasteiger partial charge in [-0.3, -0.25) is 4.79 Å². The summed E-state index contributed by atoms with van der Waals surface area (Å²) in [6.45, 7) is 0.492. The fourth-order valence-corrected chi connectivity index (χ4v) is 2.89. The van der Waals surface area contributed by atoms with Gasteiger partial charge in [0.25, 0.3) is 5.91 Å². The predicted octanol–water partition coefficient (Wildman–Crippen LogP) is 4.90. The Morgan fingerprint density at radius 2 is 1.54 bits per heavy atom. The molecule has 0 amide bonds. The summed E-state index contributed by atoms with van der Waals surface area (Å²) in [5.41, 5.74) is 2.41.